The van der Waals surface area contributed by atoms with Gasteiger partial charge in [0.2, 0.25) is 0 Å². The lowest BCUT2D eigenvalue weighted by Crippen LogP contribution is -2.14. The molecule has 154 valence electrons. The van der Waals surface area contributed by atoms with Gasteiger partial charge in [-0.25, -0.2) is 4.79 Å². The maximum absolute atomic E-state index is 11.4. The quantitative estimate of drug-likeness (QED) is 0.138. The highest BCUT2D eigenvalue weighted by molar-refractivity contribution is 8.17. The molecular weight excluding hydrogens is 384 g/mol. The molecule has 27 heavy (non-hydrogen) atoms. The molecule has 1 saturated heterocycles. The first kappa shape index (κ1) is 24.3. The minimum Gasteiger partial charge on any atom is -0.463 e. The Morgan fingerprint density at radius 1 is 1.19 bits per heavy atom. The zero-order chi connectivity index (χ0) is 19.6. The molecule has 0 amide bonds. The van der Waals surface area contributed by atoms with E-state index in [0.717, 1.165) is 6.42 Å². The lowest BCUT2D eigenvalue weighted by atomic mass is 10.2. The predicted octanol–water partition coefficient (Wildman–Crippen LogP) is 4.20. The number of rotatable bonds is 14. The fourth-order valence-corrected chi connectivity index (χ4v) is 4.94. The summed E-state index contributed by atoms with van der Waals surface area (Å²) in [7, 11) is 1.63. The zero-order valence-corrected chi connectivity index (χ0v) is 18.0. The Kier molecular flexibility index (Phi) is 15.6. The molecule has 1 rings (SSSR count). The van der Waals surface area contributed by atoms with E-state index in [1.807, 2.05) is 35.7 Å². The molecule has 0 spiro atoms. The zero-order valence-electron chi connectivity index (χ0n) is 16.3. The van der Waals surface area contributed by atoms with Gasteiger partial charge in [-0.1, -0.05) is 30.4 Å². The van der Waals surface area contributed by atoms with Crippen LogP contribution < -0.4 is 0 Å². The topological polar surface area (TPSA) is 54.0 Å². The van der Waals surface area contributed by atoms with Crippen LogP contribution in [0, 0.1) is 0 Å². The van der Waals surface area contributed by atoms with Gasteiger partial charge in [-0.15, -0.1) is 23.5 Å². The van der Waals surface area contributed by atoms with Gasteiger partial charge in [-0.2, -0.15) is 0 Å². The number of allylic oxidation sites excluding steroid dienone is 3. The van der Waals surface area contributed by atoms with E-state index in [0.29, 0.717) is 30.8 Å². The average molecular weight is 417 g/mol. The molecule has 0 aromatic heterocycles. The number of esters is 1. The molecule has 0 aromatic carbocycles. The molecule has 0 radical (unpaired) electrons. The van der Waals surface area contributed by atoms with Gasteiger partial charge in [0.25, 0.3) is 0 Å². The van der Waals surface area contributed by atoms with Crippen molar-refractivity contribution in [2.24, 2.45) is 0 Å². The number of thioether (sulfide) groups is 2. The Morgan fingerprint density at radius 3 is 2.74 bits per heavy atom. The molecule has 0 unspecified atom stereocenters. The van der Waals surface area contributed by atoms with Crippen molar-refractivity contribution in [2.45, 2.75) is 36.9 Å². The third kappa shape index (κ3) is 14.0. The smallest absolute Gasteiger partial charge is 0.330 e. The van der Waals surface area contributed by atoms with Crippen LogP contribution in [0.1, 0.15) is 26.2 Å². The summed E-state index contributed by atoms with van der Waals surface area (Å²) in [6, 6.07) is 0. The summed E-state index contributed by atoms with van der Waals surface area (Å²) >= 11 is 4.09. The van der Waals surface area contributed by atoms with Gasteiger partial charge in [0.15, 0.2) is 0 Å². The SMILES string of the molecule is CCOC(=O)/C=C/C[C@@H](/C=C/C=C\CC1SCCCS1)OCOCCOC. The van der Waals surface area contributed by atoms with Crippen molar-refractivity contribution >= 4 is 29.5 Å². The number of carbonyl (C=O) groups excluding carboxylic acids is 1. The standard InChI is InChI=1S/C20H32O5S2/c1-3-24-19(21)11-7-10-18(25-17-23-14-13-22-2)9-5-4-6-12-20-26-15-8-16-27-20/h4-7,9,11,18,20H,3,8,10,12-17H2,1-2H3/b6-4-,9-5+,11-7+/t18-/m1/s1. The Hall–Kier alpha value is -0.730. The summed E-state index contributed by atoms with van der Waals surface area (Å²) in [5.41, 5.74) is 0. The first-order valence-electron chi connectivity index (χ1n) is 9.34. The Morgan fingerprint density at radius 2 is 2.00 bits per heavy atom. The average Bonchev–Trinajstić information content (AvgIpc) is 2.68. The molecule has 0 aromatic rings. The van der Waals surface area contributed by atoms with Gasteiger partial charge in [-0.05, 0) is 37.7 Å². The van der Waals surface area contributed by atoms with E-state index >= 15 is 0 Å². The Bertz CT molecular complexity index is 459. The van der Waals surface area contributed by atoms with Crippen LogP contribution in [0.2, 0.25) is 0 Å². The summed E-state index contributed by atoms with van der Waals surface area (Å²) in [5.74, 6) is 2.21. The largest absolute Gasteiger partial charge is 0.463 e. The number of ether oxygens (including phenoxy) is 4. The molecule has 1 aliphatic rings. The van der Waals surface area contributed by atoms with Crippen LogP contribution >= 0.6 is 23.5 Å². The third-order valence-corrected chi connectivity index (χ3v) is 6.50. The van der Waals surface area contributed by atoms with E-state index in [2.05, 4.69) is 12.2 Å². The van der Waals surface area contributed by atoms with Crippen LogP contribution in [0.5, 0.6) is 0 Å². The van der Waals surface area contributed by atoms with Crippen LogP contribution in [-0.4, -0.2) is 61.9 Å². The fraction of sp³-hybridized carbons (Fsp3) is 0.650. The summed E-state index contributed by atoms with van der Waals surface area (Å²) in [4.78, 5) is 11.4. The third-order valence-electron chi connectivity index (χ3n) is 3.50. The molecule has 0 aliphatic carbocycles. The van der Waals surface area contributed by atoms with Crippen molar-refractivity contribution in [1.82, 2.24) is 0 Å². The monoisotopic (exact) mass is 416 g/mol. The molecule has 0 saturated carbocycles. The minimum atomic E-state index is -0.334. The van der Waals surface area contributed by atoms with Crippen molar-refractivity contribution in [3.63, 3.8) is 0 Å². The molecule has 1 heterocycles. The van der Waals surface area contributed by atoms with E-state index in [9.17, 15) is 4.79 Å². The van der Waals surface area contributed by atoms with Crippen molar-refractivity contribution in [3.05, 3.63) is 36.5 Å². The molecule has 0 bridgehead atoms. The van der Waals surface area contributed by atoms with Crippen molar-refractivity contribution in [2.75, 3.05) is 45.2 Å². The summed E-state index contributed by atoms with van der Waals surface area (Å²) in [6.45, 7) is 3.37. The first-order valence-corrected chi connectivity index (χ1v) is 11.4. The molecule has 7 heteroatoms. The summed E-state index contributed by atoms with van der Waals surface area (Å²) in [6.07, 6.45) is 14.2. The lowest BCUT2D eigenvalue weighted by molar-refractivity contribution is -0.137. The van der Waals surface area contributed by atoms with E-state index < -0.39 is 0 Å². The number of hydrogen-bond donors (Lipinski definition) is 0. The molecule has 1 fully saturated rings. The van der Waals surface area contributed by atoms with E-state index in [4.69, 9.17) is 18.9 Å². The van der Waals surface area contributed by atoms with Crippen LogP contribution in [-0.2, 0) is 23.7 Å². The number of carbonyl (C=O) groups is 1. The number of methoxy groups -OCH3 is 1. The van der Waals surface area contributed by atoms with Crippen LogP contribution in [0.4, 0.5) is 0 Å². The maximum Gasteiger partial charge on any atom is 0.330 e. The second kappa shape index (κ2) is 17.4. The van der Waals surface area contributed by atoms with Gasteiger partial charge in [0.05, 0.1) is 30.5 Å². The molecule has 0 N–H and O–H groups in total. The molecule has 1 aliphatic heterocycles. The molecule has 5 nitrogen and oxygen atoms in total. The minimum absolute atomic E-state index is 0.165. The van der Waals surface area contributed by atoms with Crippen LogP contribution in [0.3, 0.4) is 0 Å². The van der Waals surface area contributed by atoms with E-state index in [1.54, 1.807) is 20.1 Å². The predicted molar refractivity (Wildman–Crippen MR) is 114 cm³/mol. The Labute approximate surface area is 171 Å². The second-order valence-electron chi connectivity index (χ2n) is 5.69. The molecular formula is C20H32O5S2. The van der Waals surface area contributed by atoms with Crippen LogP contribution in [0.25, 0.3) is 0 Å². The highest BCUT2D eigenvalue weighted by Crippen LogP contribution is 2.32. The van der Waals surface area contributed by atoms with Gasteiger partial charge in [-0.3, -0.25) is 0 Å². The summed E-state index contributed by atoms with van der Waals surface area (Å²) < 4.78 is 21.6. The van der Waals surface area contributed by atoms with Gasteiger partial charge < -0.3 is 18.9 Å². The van der Waals surface area contributed by atoms with Crippen molar-refractivity contribution in [1.29, 1.82) is 0 Å². The molecule has 1 atom stereocenters. The number of hydrogen-bond acceptors (Lipinski definition) is 7. The fourth-order valence-electron chi connectivity index (χ4n) is 2.16. The highest BCUT2D eigenvalue weighted by Gasteiger charge is 2.11. The van der Waals surface area contributed by atoms with E-state index in [1.165, 1.54) is 24.0 Å². The van der Waals surface area contributed by atoms with Crippen molar-refractivity contribution < 1.29 is 23.7 Å². The van der Waals surface area contributed by atoms with Gasteiger partial charge in [0.1, 0.15) is 6.79 Å². The van der Waals surface area contributed by atoms with Crippen LogP contribution in [0.15, 0.2) is 36.5 Å². The normalized spacial score (nSPS) is 17.3. The maximum atomic E-state index is 11.4. The second-order valence-corrected chi connectivity index (χ2v) is 8.61. The van der Waals surface area contributed by atoms with Gasteiger partial charge >= 0.3 is 5.97 Å². The van der Waals surface area contributed by atoms with Gasteiger partial charge in [0, 0.05) is 13.2 Å². The Balaban J connectivity index is 2.38. The lowest BCUT2D eigenvalue weighted by Gasteiger charge is -2.18. The highest BCUT2D eigenvalue weighted by atomic mass is 32.2. The van der Waals surface area contributed by atoms with E-state index in [-0.39, 0.29) is 18.9 Å². The first-order chi connectivity index (χ1) is 13.3. The van der Waals surface area contributed by atoms with Crippen molar-refractivity contribution in [3.8, 4) is 0 Å². The summed E-state index contributed by atoms with van der Waals surface area (Å²) in [5, 5.41) is 0.